The lowest BCUT2D eigenvalue weighted by Gasteiger charge is -2.48. The van der Waals surface area contributed by atoms with Gasteiger partial charge in [0.2, 0.25) is 5.91 Å². The first-order valence-corrected chi connectivity index (χ1v) is 11.2. The third kappa shape index (κ3) is 4.39. The largest absolute Gasteiger partial charge is 0.339 e. The quantitative estimate of drug-likeness (QED) is 0.769. The first-order valence-electron chi connectivity index (χ1n) is 11.2. The summed E-state index contributed by atoms with van der Waals surface area (Å²) in [5.41, 5.74) is 4.22. The Hall–Kier alpha value is -1.35. The topological polar surface area (TPSA) is 23.6 Å². The molecular weight excluding hydrogens is 332 g/mol. The van der Waals surface area contributed by atoms with Crippen molar-refractivity contribution in [2.45, 2.75) is 77.8 Å². The van der Waals surface area contributed by atoms with Crippen LogP contribution in [-0.4, -0.2) is 41.4 Å². The number of aryl methyl sites for hydroxylation is 2. The lowest BCUT2D eigenvalue weighted by molar-refractivity contribution is -0.142. The summed E-state index contributed by atoms with van der Waals surface area (Å²) in [6, 6.07) is 7.34. The van der Waals surface area contributed by atoms with Crippen LogP contribution in [0.4, 0.5) is 0 Å². The molecule has 0 N–H and O–H groups in total. The molecule has 1 aromatic rings. The van der Waals surface area contributed by atoms with E-state index in [0.29, 0.717) is 17.9 Å². The second-order valence-electron chi connectivity index (χ2n) is 9.37. The summed E-state index contributed by atoms with van der Waals surface area (Å²) in [6.45, 7) is 8.79. The molecule has 0 aromatic heterocycles. The first kappa shape index (κ1) is 19.0. The fourth-order valence-corrected chi connectivity index (χ4v) is 5.72. The van der Waals surface area contributed by atoms with Crippen molar-refractivity contribution < 1.29 is 4.79 Å². The van der Waals surface area contributed by atoms with Gasteiger partial charge in [-0.05, 0) is 62.5 Å². The van der Waals surface area contributed by atoms with Gasteiger partial charge in [0.1, 0.15) is 0 Å². The maximum absolute atomic E-state index is 12.7. The van der Waals surface area contributed by atoms with Crippen LogP contribution in [0.3, 0.4) is 0 Å². The maximum atomic E-state index is 12.7. The van der Waals surface area contributed by atoms with Crippen molar-refractivity contribution in [2.24, 2.45) is 11.8 Å². The summed E-state index contributed by atoms with van der Waals surface area (Å²) in [7, 11) is 0. The van der Waals surface area contributed by atoms with Crippen molar-refractivity contribution in [3.8, 4) is 0 Å². The van der Waals surface area contributed by atoms with Crippen molar-refractivity contribution in [1.82, 2.24) is 9.80 Å². The summed E-state index contributed by atoms with van der Waals surface area (Å²) >= 11 is 0. The summed E-state index contributed by atoms with van der Waals surface area (Å²) in [5, 5.41) is 0. The molecule has 27 heavy (non-hydrogen) atoms. The van der Waals surface area contributed by atoms with Gasteiger partial charge in [-0.3, -0.25) is 9.69 Å². The molecule has 3 heteroatoms. The van der Waals surface area contributed by atoms with Crippen molar-refractivity contribution in [1.29, 1.82) is 0 Å². The molecule has 3 aliphatic rings. The number of benzene rings is 1. The van der Waals surface area contributed by atoms with E-state index >= 15 is 0 Å². The Morgan fingerprint density at radius 3 is 2.63 bits per heavy atom. The van der Waals surface area contributed by atoms with E-state index in [1.807, 2.05) is 0 Å². The zero-order valence-electron chi connectivity index (χ0n) is 17.3. The Morgan fingerprint density at radius 1 is 1.04 bits per heavy atom. The monoisotopic (exact) mass is 368 g/mol. The highest BCUT2D eigenvalue weighted by Gasteiger charge is 2.40. The minimum Gasteiger partial charge on any atom is -0.339 e. The maximum Gasteiger partial charge on any atom is 0.222 e. The Morgan fingerprint density at radius 2 is 1.85 bits per heavy atom. The van der Waals surface area contributed by atoms with Crippen LogP contribution in [0.5, 0.6) is 0 Å². The molecule has 2 atom stereocenters. The molecule has 2 saturated heterocycles. The van der Waals surface area contributed by atoms with Crippen molar-refractivity contribution >= 4 is 5.91 Å². The van der Waals surface area contributed by atoms with Gasteiger partial charge in [-0.25, -0.2) is 0 Å². The predicted octanol–water partition coefficient (Wildman–Crippen LogP) is 4.70. The molecule has 4 rings (SSSR count). The van der Waals surface area contributed by atoms with E-state index < -0.39 is 0 Å². The lowest BCUT2D eigenvalue weighted by atomic mass is 9.81. The fourth-order valence-electron chi connectivity index (χ4n) is 5.72. The van der Waals surface area contributed by atoms with Crippen LogP contribution < -0.4 is 0 Å². The van der Waals surface area contributed by atoms with Crippen molar-refractivity contribution in [3.05, 3.63) is 34.9 Å². The number of hydrogen-bond donors (Lipinski definition) is 0. The van der Waals surface area contributed by atoms with Gasteiger partial charge in [0.05, 0.1) is 0 Å². The van der Waals surface area contributed by atoms with Gasteiger partial charge in [-0.1, -0.05) is 43.0 Å². The van der Waals surface area contributed by atoms with Gasteiger partial charge in [-0.2, -0.15) is 0 Å². The first-order chi connectivity index (χ1) is 13.1. The SMILES string of the molecule is Cc1ccc(CN2CC[C@H]3[C@H](CCC(=O)N3CC3CCCCC3)C2)c(C)c1. The molecule has 0 bridgehead atoms. The third-order valence-corrected chi connectivity index (χ3v) is 7.30. The van der Waals surface area contributed by atoms with E-state index in [-0.39, 0.29) is 0 Å². The number of rotatable bonds is 4. The highest BCUT2D eigenvalue weighted by Crippen LogP contribution is 2.34. The standard InChI is InChI=1S/C24H36N2O/c1-18-8-9-21(19(2)14-18)16-25-13-12-23-22(17-25)10-11-24(27)26(23)15-20-6-4-3-5-7-20/h8-9,14,20,22-23H,3-7,10-13,15-17H2,1-2H3/t22-,23+/m1/s1. The van der Waals surface area contributed by atoms with Crippen LogP contribution in [0, 0.1) is 25.7 Å². The average molecular weight is 369 g/mol. The van der Waals surface area contributed by atoms with Crippen LogP contribution in [0.25, 0.3) is 0 Å². The minimum atomic E-state index is 0.435. The molecule has 1 aliphatic carbocycles. The molecule has 2 aliphatic heterocycles. The molecule has 1 saturated carbocycles. The zero-order valence-corrected chi connectivity index (χ0v) is 17.3. The minimum absolute atomic E-state index is 0.435. The average Bonchev–Trinajstić information content (AvgIpc) is 2.67. The number of piperidine rings is 2. The van der Waals surface area contributed by atoms with Gasteiger partial charge in [0, 0.05) is 38.6 Å². The van der Waals surface area contributed by atoms with Gasteiger partial charge in [0.25, 0.3) is 0 Å². The molecule has 0 radical (unpaired) electrons. The van der Waals surface area contributed by atoms with Gasteiger partial charge < -0.3 is 4.90 Å². The second kappa shape index (κ2) is 8.34. The lowest BCUT2D eigenvalue weighted by Crippen LogP contribution is -2.56. The van der Waals surface area contributed by atoms with Crippen LogP contribution in [0.15, 0.2) is 18.2 Å². The smallest absolute Gasteiger partial charge is 0.222 e. The summed E-state index contributed by atoms with van der Waals surface area (Å²) in [4.78, 5) is 17.6. The van der Waals surface area contributed by atoms with E-state index in [0.717, 1.165) is 51.4 Å². The van der Waals surface area contributed by atoms with Crippen LogP contribution in [0.1, 0.15) is 68.1 Å². The third-order valence-electron chi connectivity index (χ3n) is 7.30. The molecule has 1 aromatic carbocycles. The number of hydrogen-bond acceptors (Lipinski definition) is 2. The highest BCUT2D eigenvalue weighted by atomic mass is 16.2. The zero-order chi connectivity index (χ0) is 18.8. The van der Waals surface area contributed by atoms with E-state index in [2.05, 4.69) is 41.8 Å². The molecule has 148 valence electrons. The number of amides is 1. The van der Waals surface area contributed by atoms with Gasteiger partial charge >= 0.3 is 0 Å². The molecule has 1 amide bonds. The molecule has 0 spiro atoms. The summed E-state index contributed by atoms with van der Waals surface area (Å²) < 4.78 is 0. The van der Waals surface area contributed by atoms with E-state index in [9.17, 15) is 4.79 Å². The van der Waals surface area contributed by atoms with Gasteiger partial charge in [-0.15, -0.1) is 0 Å². The number of fused-ring (bicyclic) bond motifs is 1. The Bertz CT molecular complexity index is 664. The molecule has 2 heterocycles. The van der Waals surface area contributed by atoms with Crippen LogP contribution in [0.2, 0.25) is 0 Å². The van der Waals surface area contributed by atoms with E-state index in [1.165, 1.54) is 48.8 Å². The van der Waals surface area contributed by atoms with Crippen LogP contribution in [-0.2, 0) is 11.3 Å². The number of likely N-dealkylation sites (tertiary alicyclic amines) is 2. The molecule has 3 fully saturated rings. The Kier molecular flexibility index (Phi) is 5.87. The Balaban J connectivity index is 1.38. The highest BCUT2D eigenvalue weighted by molar-refractivity contribution is 5.77. The number of nitrogens with zero attached hydrogens (tertiary/aromatic N) is 2. The summed E-state index contributed by atoms with van der Waals surface area (Å²) in [5.74, 6) is 1.87. The summed E-state index contributed by atoms with van der Waals surface area (Å²) in [6.07, 6.45) is 9.81. The molecule has 3 nitrogen and oxygen atoms in total. The van der Waals surface area contributed by atoms with E-state index in [1.54, 1.807) is 0 Å². The van der Waals surface area contributed by atoms with Crippen molar-refractivity contribution in [2.75, 3.05) is 19.6 Å². The fraction of sp³-hybridized carbons (Fsp3) is 0.708. The Labute approximate surface area is 165 Å². The van der Waals surface area contributed by atoms with Crippen molar-refractivity contribution in [3.63, 3.8) is 0 Å². The van der Waals surface area contributed by atoms with Gasteiger partial charge in [0.15, 0.2) is 0 Å². The van der Waals surface area contributed by atoms with Crippen LogP contribution >= 0.6 is 0 Å². The second-order valence-corrected chi connectivity index (χ2v) is 9.37. The number of carbonyl (C=O) groups is 1. The predicted molar refractivity (Wildman–Crippen MR) is 111 cm³/mol. The molecule has 0 unspecified atom stereocenters. The number of carbonyl (C=O) groups excluding carboxylic acids is 1. The normalized spacial score (nSPS) is 27.6. The van der Waals surface area contributed by atoms with E-state index in [4.69, 9.17) is 0 Å². The molecular formula is C24H36N2O.